The summed E-state index contributed by atoms with van der Waals surface area (Å²) in [5.74, 6) is -0.931. The molecular formula is C17H30O2. The molecule has 19 heavy (non-hydrogen) atoms. The molecule has 2 nitrogen and oxygen atoms in total. The Labute approximate surface area is 118 Å². The lowest BCUT2D eigenvalue weighted by molar-refractivity contribution is -0.132. The smallest absolute Gasteiger partial charge is 0.335 e. The fourth-order valence-corrected chi connectivity index (χ4v) is 2.05. The van der Waals surface area contributed by atoms with E-state index >= 15 is 0 Å². The molecule has 0 radical (unpaired) electrons. The number of carbonyl (C=O) groups is 1. The highest BCUT2D eigenvalue weighted by atomic mass is 16.4. The van der Waals surface area contributed by atoms with Crippen LogP contribution in [0.3, 0.4) is 0 Å². The zero-order chi connectivity index (χ0) is 14.3. The Kier molecular flexibility index (Phi) is 12.6. The molecule has 0 amide bonds. The number of aliphatic carboxylic acids is 1. The number of hydrogen-bond acceptors (Lipinski definition) is 1. The predicted molar refractivity (Wildman–Crippen MR) is 82.4 cm³/mol. The van der Waals surface area contributed by atoms with Crippen LogP contribution < -0.4 is 0 Å². The maximum absolute atomic E-state index is 10.5. The minimum Gasteiger partial charge on any atom is -0.478 e. The number of carboxylic acids is 1. The predicted octanol–water partition coefficient (Wildman–Crippen LogP) is 5.49. The molecule has 0 aliphatic heterocycles. The van der Waals surface area contributed by atoms with Crippen molar-refractivity contribution in [2.24, 2.45) is 0 Å². The van der Waals surface area contributed by atoms with E-state index in [9.17, 15) is 4.79 Å². The Morgan fingerprint density at radius 2 is 1.42 bits per heavy atom. The SMILES string of the molecule is C=C(/C=C/CCCCCCCCCCCC)C(=O)O. The van der Waals surface area contributed by atoms with Crippen LogP contribution in [0.25, 0.3) is 0 Å². The lowest BCUT2D eigenvalue weighted by Crippen LogP contribution is -1.94. The quantitative estimate of drug-likeness (QED) is 0.272. The zero-order valence-corrected chi connectivity index (χ0v) is 12.5. The van der Waals surface area contributed by atoms with Crippen LogP contribution in [0, 0.1) is 0 Å². The highest BCUT2D eigenvalue weighted by molar-refractivity contribution is 5.88. The minimum absolute atomic E-state index is 0.173. The second kappa shape index (κ2) is 13.4. The Morgan fingerprint density at radius 3 is 1.89 bits per heavy atom. The van der Waals surface area contributed by atoms with E-state index in [2.05, 4.69) is 13.5 Å². The van der Waals surface area contributed by atoms with E-state index in [0.717, 1.165) is 12.8 Å². The highest BCUT2D eigenvalue weighted by Crippen LogP contribution is 2.11. The average molecular weight is 266 g/mol. The van der Waals surface area contributed by atoms with Crippen molar-refractivity contribution in [1.82, 2.24) is 0 Å². The van der Waals surface area contributed by atoms with Crippen molar-refractivity contribution >= 4 is 5.97 Å². The van der Waals surface area contributed by atoms with Gasteiger partial charge in [0, 0.05) is 0 Å². The van der Waals surface area contributed by atoms with Crippen LogP contribution in [-0.4, -0.2) is 11.1 Å². The minimum atomic E-state index is -0.931. The molecule has 0 bridgehead atoms. The molecule has 0 aliphatic rings. The fourth-order valence-electron chi connectivity index (χ4n) is 2.05. The van der Waals surface area contributed by atoms with Crippen molar-refractivity contribution in [2.75, 3.05) is 0 Å². The molecule has 0 rings (SSSR count). The molecule has 0 spiro atoms. The van der Waals surface area contributed by atoms with Crippen molar-refractivity contribution in [3.05, 3.63) is 24.3 Å². The standard InChI is InChI=1S/C17H30O2/c1-3-4-5-6-7-8-9-10-11-12-13-14-15-16(2)17(18)19/h14-15H,2-13H2,1H3,(H,18,19)/b15-14+. The van der Waals surface area contributed by atoms with Crippen LogP contribution in [0.5, 0.6) is 0 Å². The van der Waals surface area contributed by atoms with Crippen molar-refractivity contribution in [3.63, 3.8) is 0 Å². The van der Waals surface area contributed by atoms with Crippen LogP contribution in [0.1, 0.15) is 77.6 Å². The van der Waals surface area contributed by atoms with Gasteiger partial charge < -0.3 is 5.11 Å². The van der Waals surface area contributed by atoms with Gasteiger partial charge >= 0.3 is 5.97 Å². The lowest BCUT2D eigenvalue weighted by Gasteiger charge is -2.01. The van der Waals surface area contributed by atoms with Crippen molar-refractivity contribution in [3.8, 4) is 0 Å². The Balaban J connectivity index is 3.19. The van der Waals surface area contributed by atoms with E-state index in [4.69, 9.17) is 5.11 Å². The summed E-state index contributed by atoms with van der Waals surface area (Å²) in [6, 6.07) is 0. The van der Waals surface area contributed by atoms with E-state index in [0.29, 0.717) is 0 Å². The van der Waals surface area contributed by atoms with Gasteiger partial charge in [-0.15, -0.1) is 0 Å². The van der Waals surface area contributed by atoms with Gasteiger partial charge in [-0.3, -0.25) is 0 Å². The first-order valence-corrected chi connectivity index (χ1v) is 7.77. The molecule has 0 saturated heterocycles. The Hall–Kier alpha value is -1.05. The summed E-state index contributed by atoms with van der Waals surface area (Å²) in [5, 5.41) is 8.61. The summed E-state index contributed by atoms with van der Waals surface area (Å²) < 4.78 is 0. The number of allylic oxidation sites excluding steroid dienone is 1. The summed E-state index contributed by atoms with van der Waals surface area (Å²) in [7, 11) is 0. The summed E-state index contributed by atoms with van der Waals surface area (Å²) >= 11 is 0. The molecular weight excluding hydrogens is 236 g/mol. The summed E-state index contributed by atoms with van der Waals surface area (Å²) in [6.07, 6.45) is 17.8. The third-order valence-electron chi connectivity index (χ3n) is 3.32. The first-order valence-electron chi connectivity index (χ1n) is 7.77. The van der Waals surface area contributed by atoms with Crippen LogP contribution in [0.2, 0.25) is 0 Å². The maximum Gasteiger partial charge on any atom is 0.335 e. The second-order valence-corrected chi connectivity index (χ2v) is 5.20. The summed E-state index contributed by atoms with van der Waals surface area (Å²) in [4.78, 5) is 10.5. The molecule has 0 unspecified atom stereocenters. The maximum atomic E-state index is 10.5. The monoisotopic (exact) mass is 266 g/mol. The molecule has 0 aromatic heterocycles. The van der Waals surface area contributed by atoms with Gasteiger partial charge in [0.05, 0.1) is 5.57 Å². The van der Waals surface area contributed by atoms with Gasteiger partial charge in [-0.2, -0.15) is 0 Å². The molecule has 110 valence electrons. The first kappa shape index (κ1) is 17.9. The second-order valence-electron chi connectivity index (χ2n) is 5.20. The van der Waals surface area contributed by atoms with Gasteiger partial charge in [0.2, 0.25) is 0 Å². The van der Waals surface area contributed by atoms with Crippen molar-refractivity contribution in [1.29, 1.82) is 0 Å². The Morgan fingerprint density at radius 1 is 0.947 bits per heavy atom. The van der Waals surface area contributed by atoms with Crippen LogP contribution >= 0.6 is 0 Å². The van der Waals surface area contributed by atoms with Crippen LogP contribution in [0.15, 0.2) is 24.3 Å². The van der Waals surface area contributed by atoms with Gasteiger partial charge in [-0.25, -0.2) is 4.79 Å². The normalized spacial score (nSPS) is 11.0. The number of hydrogen-bond donors (Lipinski definition) is 1. The first-order chi connectivity index (χ1) is 9.18. The number of rotatable bonds is 13. The van der Waals surface area contributed by atoms with Crippen LogP contribution in [0.4, 0.5) is 0 Å². The average Bonchev–Trinajstić information content (AvgIpc) is 2.39. The molecule has 0 saturated carbocycles. The topological polar surface area (TPSA) is 37.3 Å². The fraction of sp³-hybridized carbons (Fsp3) is 0.706. The highest BCUT2D eigenvalue weighted by Gasteiger charge is 1.96. The molecule has 0 fully saturated rings. The molecule has 0 atom stereocenters. The van der Waals surface area contributed by atoms with Crippen LogP contribution in [-0.2, 0) is 4.79 Å². The number of unbranched alkanes of at least 4 members (excludes halogenated alkanes) is 10. The van der Waals surface area contributed by atoms with Gasteiger partial charge in [0.15, 0.2) is 0 Å². The van der Waals surface area contributed by atoms with Crippen molar-refractivity contribution < 1.29 is 9.90 Å². The third kappa shape index (κ3) is 13.2. The Bertz CT molecular complexity index is 266. The zero-order valence-electron chi connectivity index (χ0n) is 12.5. The largest absolute Gasteiger partial charge is 0.478 e. The molecule has 0 aromatic rings. The number of carboxylic acid groups (broad SMARTS) is 1. The lowest BCUT2D eigenvalue weighted by atomic mass is 10.1. The van der Waals surface area contributed by atoms with Crippen molar-refractivity contribution in [2.45, 2.75) is 77.6 Å². The summed E-state index contributed by atoms with van der Waals surface area (Å²) in [5.41, 5.74) is 0.173. The molecule has 0 heterocycles. The van der Waals surface area contributed by atoms with E-state index in [1.54, 1.807) is 6.08 Å². The van der Waals surface area contributed by atoms with E-state index in [-0.39, 0.29) is 5.57 Å². The van der Waals surface area contributed by atoms with Gasteiger partial charge in [-0.1, -0.05) is 83.4 Å². The molecule has 2 heteroatoms. The van der Waals surface area contributed by atoms with Gasteiger partial charge in [0.1, 0.15) is 0 Å². The van der Waals surface area contributed by atoms with Gasteiger partial charge in [0.25, 0.3) is 0 Å². The van der Waals surface area contributed by atoms with E-state index in [1.165, 1.54) is 57.8 Å². The van der Waals surface area contributed by atoms with E-state index in [1.807, 2.05) is 6.08 Å². The van der Waals surface area contributed by atoms with E-state index < -0.39 is 5.97 Å². The molecule has 0 aromatic carbocycles. The summed E-state index contributed by atoms with van der Waals surface area (Å²) in [6.45, 7) is 5.71. The molecule has 0 aliphatic carbocycles. The molecule has 1 N–H and O–H groups in total. The van der Waals surface area contributed by atoms with Gasteiger partial charge in [-0.05, 0) is 12.8 Å². The third-order valence-corrected chi connectivity index (χ3v) is 3.32.